The van der Waals surface area contributed by atoms with E-state index >= 15 is 0 Å². The van der Waals surface area contributed by atoms with Crippen LogP contribution < -0.4 is 16.2 Å². The summed E-state index contributed by atoms with van der Waals surface area (Å²) in [6.07, 6.45) is 10.6. The Morgan fingerprint density at radius 2 is 1.68 bits per heavy atom. The van der Waals surface area contributed by atoms with Crippen molar-refractivity contribution in [2.45, 2.75) is 36.2 Å². The molecule has 6 nitrogen and oxygen atoms in total. The van der Waals surface area contributed by atoms with E-state index in [0.717, 1.165) is 36.6 Å². The molecule has 0 unspecified atom stereocenters. The first-order valence-electron chi connectivity index (χ1n) is 9.38. The number of nitrogens with one attached hydrogen (secondary N) is 2. The quantitative estimate of drug-likeness (QED) is 0.621. The number of hydrogen-bond donors (Lipinski definition) is 2. The zero-order valence-electron chi connectivity index (χ0n) is 15.7. The summed E-state index contributed by atoms with van der Waals surface area (Å²) in [6.45, 7) is 0. The SMILES string of the molecule is CSc1ccc(N[C@H]2CC[C@H](Nc3ccc(-n4ccccc4=O)cn3)C2)nc1. The first-order valence-corrected chi connectivity index (χ1v) is 10.6. The van der Waals surface area contributed by atoms with Crippen LogP contribution in [-0.2, 0) is 0 Å². The van der Waals surface area contributed by atoms with E-state index in [4.69, 9.17) is 0 Å². The lowest BCUT2D eigenvalue weighted by atomic mass is 10.2. The Balaban J connectivity index is 1.34. The van der Waals surface area contributed by atoms with Gasteiger partial charge in [-0.25, -0.2) is 9.97 Å². The van der Waals surface area contributed by atoms with Gasteiger partial charge >= 0.3 is 0 Å². The largest absolute Gasteiger partial charge is 0.367 e. The van der Waals surface area contributed by atoms with Crippen LogP contribution in [0.4, 0.5) is 11.6 Å². The summed E-state index contributed by atoms with van der Waals surface area (Å²) in [5.41, 5.74) is 0.704. The molecule has 1 fully saturated rings. The fraction of sp³-hybridized carbons (Fsp3) is 0.286. The number of nitrogens with zero attached hydrogens (tertiary/aromatic N) is 3. The summed E-state index contributed by atoms with van der Waals surface area (Å²) < 4.78 is 1.58. The van der Waals surface area contributed by atoms with Crippen molar-refractivity contribution >= 4 is 23.4 Å². The van der Waals surface area contributed by atoms with Gasteiger partial charge in [-0.3, -0.25) is 9.36 Å². The highest BCUT2D eigenvalue weighted by atomic mass is 32.2. The maximum Gasteiger partial charge on any atom is 0.255 e. The number of thioether (sulfide) groups is 1. The van der Waals surface area contributed by atoms with Gasteiger partial charge in [0.2, 0.25) is 0 Å². The maximum atomic E-state index is 11.9. The molecule has 0 aliphatic heterocycles. The third kappa shape index (κ3) is 4.36. The van der Waals surface area contributed by atoms with Crippen LogP contribution in [0.15, 0.2) is 70.7 Å². The van der Waals surface area contributed by atoms with E-state index in [-0.39, 0.29) is 5.56 Å². The molecule has 2 atom stereocenters. The van der Waals surface area contributed by atoms with Gasteiger partial charge in [-0.2, -0.15) is 0 Å². The number of anilines is 2. The molecule has 1 aliphatic carbocycles. The van der Waals surface area contributed by atoms with Crippen molar-refractivity contribution in [2.75, 3.05) is 16.9 Å². The van der Waals surface area contributed by atoms with Gasteiger partial charge in [-0.1, -0.05) is 6.07 Å². The van der Waals surface area contributed by atoms with Crippen LogP contribution in [-0.4, -0.2) is 32.9 Å². The Kier molecular flexibility index (Phi) is 5.62. The minimum atomic E-state index is -0.0612. The van der Waals surface area contributed by atoms with Crippen molar-refractivity contribution in [1.29, 1.82) is 0 Å². The zero-order valence-corrected chi connectivity index (χ0v) is 16.5. The summed E-state index contributed by atoms with van der Waals surface area (Å²) in [4.78, 5) is 22.0. The smallest absolute Gasteiger partial charge is 0.255 e. The highest BCUT2D eigenvalue weighted by molar-refractivity contribution is 7.98. The van der Waals surface area contributed by atoms with Crippen molar-refractivity contribution in [3.8, 4) is 5.69 Å². The monoisotopic (exact) mass is 393 g/mol. The van der Waals surface area contributed by atoms with E-state index < -0.39 is 0 Å². The third-order valence-corrected chi connectivity index (χ3v) is 5.67. The Hall–Kier alpha value is -2.80. The normalized spacial score (nSPS) is 18.8. The van der Waals surface area contributed by atoms with E-state index in [2.05, 4.69) is 32.9 Å². The van der Waals surface area contributed by atoms with E-state index in [1.165, 1.54) is 4.90 Å². The second-order valence-electron chi connectivity index (χ2n) is 6.89. The molecule has 0 radical (unpaired) electrons. The Bertz CT molecular complexity index is 971. The van der Waals surface area contributed by atoms with Crippen molar-refractivity contribution in [3.63, 3.8) is 0 Å². The van der Waals surface area contributed by atoms with Gasteiger partial charge in [0.15, 0.2) is 0 Å². The van der Waals surface area contributed by atoms with E-state index in [1.807, 2.05) is 30.5 Å². The van der Waals surface area contributed by atoms with E-state index in [0.29, 0.717) is 12.1 Å². The van der Waals surface area contributed by atoms with Crippen LogP contribution in [0.1, 0.15) is 19.3 Å². The van der Waals surface area contributed by atoms with Crippen LogP contribution in [0.25, 0.3) is 5.69 Å². The number of pyridine rings is 3. The second-order valence-corrected chi connectivity index (χ2v) is 7.77. The fourth-order valence-electron chi connectivity index (χ4n) is 3.50. The molecule has 3 aromatic rings. The molecular formula is C21H23N5OS. The van der Waals surface area contributed by atoms with Gasteiger partial charge < -0.3 is 10.6 Å². The zero-order chi connectivity index (χ0) is 19.3. The third-order valence-electron chi connectivity index (χ3n) is 4.96. The first kappa shape index (κ1) is 18.6. The lowest BCUT2D eigenvalue weighted by Gasteiger charge is -2.16. The van der Waals surface area contributed by atoms with E-state index in [1.54, 1.807) is 40.9 Å². The Labute approximate surface area is 168 Å². The van der Waals surface area contributed by atoms with Crippen molar-refractivity contribution in [1.82, 2.24) is 14.5 Å². The number of hydrogen-bond acceptors (Lipinski definition) is 6. The van der Waals surface area contributed by atoms with Crippen molar-refractivity contribution < 1.29 is 0 Å². The van der Waals surface area contributed by atoms with Gasteiger partial charge in [0, 0.05) is 35.4 Å². The van der Waals surface area contributed by atoms with E-state index in [9.17, 15) is 4.79 Å². The molecule has 144 valence electrons. The second kappa shape index (κ2) is 8.48. The molecule has 3 aromatic heterocycles. The highest BCUT2D eigenvalue weighted by Crippen LogP contribution is 2.25. The van der Waals surface area contributed by atoms with Crippen molar-refractivity contribution in [3.05, 3.63) is 71.4 Å². The summed E-state index contributed by atoms with van der Waals surface area (Å²) >= 11 is 1.70. The van der Waals surface area contributed by atoms with Crippen LogP contribution in [0.2, 0.25) is 0 Å². The molecular weight excluding hydrogens is 370 g/mol. The summed E-state index contributed by atoms with van der Waals surface area (Å²) in [7, 11) is 0. The summed E-state index contributed by atoms with van der Waals surface area (Å²) in [6, 6.07) is 13.9. The van der Waals surface area contributed by atoms with Crippen LogP contribution in [0.3, 0.4) is 0 Å². The molecule has 0 bridgehead atoms. The standard InChI is InChI=1S/C21H23N5OS/c1-28-18-8-10-20(23-14-18)25-16-6-5-15(12-16)24-19-9-7-17(13-22-19)26-11-3-2-4-21(26)27/h2-4,7-11,13-16H,5-6,12H2,1H3,(H,22,24)(H,23,25)/t15-,16-/m0/s1. The molecule has 28 heavy (non-hydrogen) atoms. The van der Waals surface area contributed by atoms with Gasteiger partial charge in [0.25, 0.3) is 5.56 Å². The predicted octanol–water partition coefficient (Wildman–Crippen LogP) is 3.79. The van der Waals surface area contributed by atoms with Crippen LogP contribution in [0.5, 0.6) is 0 Å². The van der Waals surface area contributed by atoms with Gasteiger partial charge in [0.05, 0.1) is 11.9 Å². The first-order chi connectivity index (χ1) is 13.7. The summed E-state index contributed by atoms with van der Waals surface area (Å²) in [5, 5.41) is 7.03. The topological polar surface area (TPSA) is 71.8 Å². The average Bonchev–Trinajstić information content (AvgIpc) is 3.16. The fourth-order valence-corrected chi connectivity index (χ4v) is 3.87. The minimum Gasteiger partial charge on any atom is -0.367 e. The number of aromatic nitrogens is 3. The maximum absolute atomic E-state index is 11.9. The van der Waals surface area contributed by atoms with Gasteiger partial charge in [-0.05, 0) is 55.9 Å². The Morgan fingerprint density at radius 3 is 2.25 bits per heavy atom. The molecule has 0 spiro atoms. The molecule has 7 heteroatoms. The minimum absolute atomic E-state index is 0.0612. The highest BCUT2D eigenvalue weighted by Gasteiger charge is 2.25. The van der Waals surface area contributed by atoms with Crippen LogP contribution in [0, 0.1) is 0 Å². The lowest BCUT2D eigenvalue weighted by molar-refractivity contribution is 0.720. The van der Waals surface area contributed by atoms with Gasteiger partial charge in [-0.15, -0.1) is 11.8 Å². The predicted molar refractivity (Wildman–Crippen MR) is 115 cm³/mol. The molecule has 0 amide bonds. The number of rotatable bonds is 6. The lowest BCUT2D eigenvalue weighted by Crippen LogP contribution is -2.21. The Morgan fingerprint density at radius 1 is 0.964 bits per heavy atom. The summed E-state index contributed by atoms with van der Waals surface area (Å²) in [5.74, 6) is 1.76. The average molecular weight is 394 g/mol. The molecule has 4 rings (SSSR count). The molecule has 2 N–H and O–H groups in total. The molecule has 0 aromatic carbocycles. The van der Waals surface area contributed by atoms with Crippen molar-refractivity contribution in [2.24, 2.45) is 0 Å². The van der Waals surface area contributed by atoms with Gasteiger partial charge in [0.1, 0.15) is 11.6 Å². The molecule has 1 aliphatic rings. The van der Waals surface area contributed by atoms with Crippen LogP contribution >= 0.6 is 11.8 Å². The molecule has 1 saturated carbocycles. The molecule has 3 heterocycles. The molecule has 0 saturated heterocycles.